The van der Waals surface area contributed by atoms with Crippen LogP contribution in [0.25, 0.3) is 0 Å². The van der Waals surface area contributed by atoms with Crippen LogP contribution in [0.4, 0.5) is 0 Å². The molecule has 15 heavy (non-hydrogen) atoms. The standard InChI is InChI=1S/C10H20N2O2.ClH/c1-8(11)10(13)12-6-7-14-9-4-2-3-5-9;/h8-9H,2-7,11H2,1H3,(H,12,13);1H/t8-;/m1./s1. The molecule has 1 saturated carbocycles. The van der Waals surface area contributed by atoms with Gasteiger partial charge in [0.2, 0.25) is 5.91 Å². The minimum Gasteiger partial charge on any atom is -0.376 e. The lowest BCUT2D eigenvalue weighted by Gasteiger charge is -2.12. The Balaban J connectivity index is 0.00000196. The molecule has 1 aliphatic rings. The largest absolute Gasteiger partial charge is 0.376 e. The summed E-state index contributed by atoms with van der Waals surface area (Å²) in [7, 11) is 0. The number of nitrogens with one attached hydrogen (secondary N) is 1. The van der Waals surface area contributed by atoms with Gasteiger partial charge in [0, 0.05) is 6.54 Å². The Morgan fingerprint density at radius 2 is 2.13 bits per heavy atom. The van der Waals surface area contributed by atoms with Crippen molar-refractivity contribution in [3.63, 3.8) is 0 Å². The second-order valence-electron chi connectivity index (χ2n) is 3.86. The Hall–Kier alpha value is -0.320. The first kappa shape index (κ1) is 14.7. The normalized spacial score (nSPS) is 18.3. The molecule has 0 spiro atoms. The molecule has 1 aliphatic carbocycles. The molecule has 0 saturated heterocycles. The van der Waals surface area contributed by atoms with E-state index in [1.807, 2.05) is 0 Å². The van der Waals surface area contributed by atoms with Gasteiger partial charge in [-0.2, -0.15) is 0 Å². The average Bonchev–Trinajstić information content (AvgIpc) is 2.64. The fourth-order valence-corrected chi connectivity index (χ4v) is 1.62. The number of halogens is 1. The number of carbonyl (C=O) groups is 1. The molecule has 0 heterocycles. The van der Waals surface area contributed by atoms with Gasteiger partial charge in [-0.1, -0.05) is 12.8 Å². The minimum atomic E-state index is -0.429. The Labute approximate surface area is 97.3 Å². The van der Waals surface area contributed by atoms with E-state index in [0.29, 0.717) is 19.3 Å². The van der Waals surface area contributed by atoms with E-state index < -0.39 is 6.04 Å². The van der Waals surface area contributed by atoms with Gasteiger partial charge in [0.15, 0.2) is 0 Å². The van der Waals surface area contributed by atoms with Gasteiger partial charge >= 0.3 is 0 Å². The van der Waals surface area contributed by atoms with Gasteiger partial charge in [0.25, 0.3) is 0 Å². The van der Waals surface area contributed by atoms with Crippen LogP contribution in [0.5, 0.6) is 0 Å². The maximum Gasteiger partial charge on any atom is 0.236 e. The third-order valence-electron chi connectivity index (χ3n) is 2.47. The van der Waals surface area contributed by atoms with Crippen molar-refractivity contribution < 1.29 is 9.53 Å². The van der Waals surface area contributed by atoms with Crippen LogP contribution < -0.4 is 11.1 Å². The van der Waals surface area contributed by atoms with Gasteiger partial charge in [-0.15, -0.1) is 12.4 Å². The van der Waals surface area contributed by atoms with E-state index >= 15 is 0 Å². The molecule has 3 N–H and O–H groups in total. The molecule has 0 aromatic heterocycles. The molecule has 0 unspecified atom stereocenters. The van der Waals surface area contributed by atoms with E-state index in [4.69, 9.17) is 10.5 Å². The molecule has 0 aromatic rings. The number of ether oxygens (including phenoxy) is 1. The molecule has 0 radical (unpaired) electrons. The zero-order chi connectivity index (χ0) is 10.4. The molecule has 0 bridgehead atoms. The lowest BCUT2D eigenvalue weighted by Crippen LogP contribution is -2.39. The van der Waals surface area contributed by atoms with Crippen molar-refractivity contribution in [2.45, 2.75) is 44.8 Å². The lowest BCUT2D eigenvalue weighted by molar-refractivity contribution is -0.122. The van der Waals surface area contributed by atoms with Gasteiger partial charge in [0.05, 0.1) is 18.8 Å². The van der Waals surface area contributed by atoms with Gasteiger partial charge in [-0.25, -0.2) is 0 Å². The maximum absolute atomic E-state index is 11.0. The second kappa shape index (κ2) is 7.91. The molecule has 5 heteroatoms. The first-order valence-corrected chi connectivity index (χ1v) is 5.35. The van der Waals surface area contributed by atoms with E-state index in [2.05, 4.69) is 5.32 Å². The van der Waals surface area contributed by atoms with Crippen LogP contribution in [0, 0.1) is 0 Å². The molecule has 4 nitrogen and oxygen atoms in total. The number of amides is 1. The van der Waals surface area contributed by atoms with Crippen molar-refractivity contribution in [2.75, 3.05) is 13.2 Å². The molecule has 1 fully saturated rings. The Bertz CT molecular complexity index is 182. The van der Waals surface area contributed by atoms with Crippen molar-refractivity contribution in [3.05, 3.63) is 0 Å². The van der Waals surface area contributed by atoms with Crippen LogP contribution in [0.2, 0.25) is 0 Å². The van der Waals surface area contributed by atoms with Crippen LogP contribution in [0.15, 0.2) is 0 Å². The highest BCUT2D eigenvalue weighted by atomic mass is 35.5. The van der Waals surface area contributed by atoms with E-state index in [1.54, 1.807) is 6.92 Å². The highest BCUT2D eigenvalue weighted by molar-refractivity contribution is 5.85. The van der Waals surface area contributed by atoms with E-state index in [1.165, 1.54) is 25.7 Å². The Morgan fingerprint density at radius 1 is 1.53 bits per heavy atom. The van der Waals surface area contributed by atoms with Crippen molar-refractivity contribution in [3.8, 4) is 0 Å². The number of nitrogens with two attached hydrogens (primary N) is 1. The predicted octanol–water partition coefficient (Wildman–Crippen LogP) is 0.831. The van der Waals surface area contributed by atoms with Gasteiger partial charge < -0.3 is 15.8 Å². The van der Waals surface area contributed by atoms with Crippen molar-refractivity contribution in [1.82, 2.24) is 5.32 Å². The molecule has 1 rings (SSSR count). The number of hydrogen-bond acceptors (Lipinski definition) is 3. The average molecular weight is 237 g/mol. The molecule has 0 aliphatic heterocycles. The fraction of sp³-hybridized carbons (Fsp3) is 0.900. The predicted molar refractivity (Wildman–Crippen MR) is 62.1 cm³/mol. The van der Waals surface area contributed by atoms with Crippen LogP contribution >= 0.6 is 12.4 Å². The summed E-state index contributed by atoms with van der Waals surface area (Å²) in [5, 5.41) is 2.72. The summed E-state index contributed by atoms with van der Waals surface area (Å²) in [4.78, 5) is 11.0. The molecule has 1 amide bonds. The van der Waals surface area contributed by atoms with Gasteiger partial charge in [-0.05, 0) is 19.8 Å². The monoisotopic (exact) mass is 236 g/mol. The van der Waals surface area contributed by atoms with Gasteiger partial charge in [-0.3, -0.25) is 4.79 Å². The van der Waals surface area contributed by atoms with Crippen LogP contribution in [0.1, 0.15) is 32.6 Å². The van der Waals surface area contributed by atoms with Crippen LogP contribution in [0.3, 0.4) is 0 Å². The van der Waals surface area contributed by atoms with Crippen LogP contribution in [-0.2, 0) is 9.53 Å². The number of rotatable bonds is 5. The highest BCUT2D eigenvalue weighted by Crippen LogP contribution is 2.20. The Kier molecular flexibility index (Phi) is 7.74. The van der Waals surface area contributed by atoms with E-state index in [0.717, 1.165) is 0 Å². The SMILES string of the molecule is C[C@@H](N)C(=O)NCCOC1CCCC1.Cl. The summed E-state index contributed by atoms with van der Waals surface area (Å²) in [6.45, 7) is 2.84. The topological polar surface area (TPSA) is 64.4 Å². The van der Waals surface area contributed by atoms with Crippen LogP contribution in [-0.4, -0.2) is 31.2 Å². The maximum atomic E-state index is 11.0. The summed E-state index contributed by atoms with van der Waals surface area (Å²) in [6.07, 6.45) is 5.30. The first-order chi connectivity index (χ1) is 6.70. The summed E-state index contributed by atoms with van der Waals surface area (Å²) in [6, 6.07) is -0.429. The number of hydrogen-bond donors (Lipinski definition) is 2. The smallest absolute Gasteiger partial charge is 0.236 e. The third kappa shape index (κ3) is 5.97. The third-order valence-corrected chi connectivity index (χ3v) is 2.47. The highest BCUT2D eigenvalue weighted by Gasteiger charge is 2.14. The lowest BCUT2D eigenvalue weighted by atomic mass is 10.3. The molecule has 90 valence electrons. The molecule has 0 aromatic carbocycles. The van der Waals surface area contributed by atoms with Crippen molar-refractivity contribution in [1.29, 1.82) is 0 Å². The zero-order valence-electron chi connectivity index (χ0n) is 9.20. The fourth-order valence-electron chi connectivity index (χ4n) is 1.62. The van der Waals surface area contributed by atoms with Gasteiger partial charge in [0.1, 0.15) is 0 Å². The summed E-state index contributed by atoms with van der Waals surface area (Å²) >= 11 is 0. The van der Waals surface area contributed by atoms with E-state index in [9.17, 15) is 4.79 Å². The quantitative estimate of drug-likeness (QED) is 0.695. The molecular formula is C10H21ClN2O2. The van der Waals surface area contributed by atoms with Crippen molar-refractivity contribution >= 4 is 18.3 Å². The first-order valence-electron chi connectivity index (χ1n) is 5.35. The zero-order valence-corrected chi connectivity index (χ0v) is 10.0. The summed E-state index contributed by atoms with van der Waals surface area (Å²) in [5.41, 5.74) is 5.39. The second-order valence-corrected chi connectivity index (χ2v) is 3.86. The molecular weight excluding hydrogens is 216 g/mol. The molecule has 1 atom stereocenters. The van der Waals surface area contributed by atoms with E-state index in [-0.39, 0.29) is 18.3 Å². The Morgan fingerprint density at radius 3 is 2.67 bits per heavy atom. The summed E-state index contributed by atoms with van der Waals surface area (Å²) in [5.74, 6) is -0.111. The summed E-state index contributed by atoms with van der Waals surface area (Å²) < 4.78 is 5.58. The van der Waals surface area contributed by atoms with Crippen molar-refractivity contribution in [2.24, 2.45) is 5.73 Å². The number of carbonyl (C=O) groups excluding carboxylic acids is 1. The minimum absolute atomic E-state index is 0.